The van der Waals surface area contributed by atoms with Gasteiger partial charge < -0.3 is 22.6 Å². The van der Waals surface area contributed by atoms with E-state index < -0.39 is 11.9 Å². The smallest absolute Gasteiger partial charge is 0.303 e. The van der Waals surface area contributed by atoms with Crippen LogP contribution in [0.2, 0.25) is 0 Å². The summed E-state index contributed by atoms with van der Waals surface area (Å²) < 4.78 is 0. The molecule has 26 heavy (non-hydrogen) atoms. The summed E-state index contributed by atoms with van der Waals surface area (Å²) in [5.74, 6) is -0.712. The summed E-state index contributed by atoms with van der Waals surface area (Å²) in [5, 5.41) is 15.4. The molecule has 0 aromatic heterocycles. The minimum Gasteiger partial charge on any atom is -1.00 e. The molecule has 3 aliphatic carbocycles. The second-order valence-corrected chi connectivity index (χ2v) is 6.46. The first-order chi connectivity index (χ1) is 11.4. The zero-order valence-corrected chi connectivity index (χ0v) is 18.4. The van der Waals surface area contributed by atoms with Gasteiger partial charge in [-0.05, 0) is 25.2 Å². The number of hydrogen-bond acceptors (Lipinski definition) is 2. The van der Waals surface area contributed by atoms with Crippen LogP contribution in [0, 0.1) is 12.3 Å². The predicted molar refractivity (Wildman–Crippen MR) is 95.7 cm³/mol. The molecule has 0 aromatic rings. The summed E-state index contributed by atoms with van der Waals surface area (Å²) in [7, 11) is 0. The van der Waals surface area contributed by atoms with Crippen LogP contribution in [-0.4, -0.2) is 22.2 Å². The largest absolute Gasteiger partial charge is 1.00 e. The zero-order valence-electron chi connectivity index (χ0n) is 16.1. The fraction of sp³-hybridized carbons (Fsp3) is 0.650. The summed E-state index contributed by atoms with van der Waals surface area (Å²) in [4.78, 5) is 18.7. The van der Waals surface area contributed by atoms with Crippen LogP contribution in [0.15, 0.2) is 22.3 Å². The van der Waals surface area contributed by atoms with Crippen molar-refractivity contribution in [3.05, 3.63) is 28.7 Å². The summed E-state index contributed by atoms with van der Waals surface area (Å²) in [6, 6.07) is 0. The van der Waals surface area contributed by atoms with Crippen LogP contribution in [0.1, 0.15) is 78.6 Å². The van der Waals surface area contributed by atoms with Crippen molar-refractivity contribution in [1.29, 1.82) is 0 Å². The van der Waals surface area contributed by atoms with E-state index in [4.69, 9.17) is 10.2 Å². The van der Waals surface area contributed by atoms with Crippen LogP contribution in [0.25, 0.3) is 0 Å². The van der Waals surface area contributed by atoms with E-state index in [9.17, 15) is 9.59 Å². The molecule has 4 nitrogen and oxygen atoms in total. The molecule has 0 aliphatic heterocycles. The fourth-order valence-corrected chi connectivity index (χ4v) is 3.51. The average Bonchev–Trinajstić information content (AvgIpc) is 2.89. The van der Waals surface area contributed by atoms with Crippen LogP contribution in [0.4, 0.5) is 0 Å². The first kappa shape index (κ1) is 27.5. The van der Waals surface area contributed by atoms with E-state index in [1.54, 1.807) is 36.1 Å². The molecule has 1 atom stereocenters. The fourth-order valence-electron chi connectivity index (χ4n) is 3.51. The molecular formula is C20H31ClO4Ti-2. The van der Waals surface area contributed by atoms with Crippen molar-refractivity contribution in [3.63, 3.8) is 0 Å². The van der Waals surface area contributed by atoms with Crippen molar-refractivity contribution < 1.29 is 53.9 Å². The van der Waals surface area contributed by atoms with Crippen LogP contribution in [-0.2, 0) is 31.3 Å². The number of halogens is 1. The first-order valence-electron chi connectivity index (χ1n) is 9.14. The number of rotatable bonds is 2. The molecule has 0 saturated carbocycles. The van der Waals surface area contributed by atoms with E-state index >= 15 is 0 Å². The summed E-state index contributed by atoms with van der Waals surface area (Å²) in [5.41, 5.74) is 7.07. The minimum absolute atomic E-state index is 0. The van der Waals surface area contributed by atoms with Crippen LogP contribution in [0.3, 0.4) is 0 Å². The maximum absolute atomic E-state index is 9.37. The van der Waals surface area contributed by atoms with Crippen molar-refractivity contribution in [2.75, 3.05) is 0 Å². The Labute approximate surface area is 178 Å². The Morgan fingerprint density at radius 1 is 0.962 bits per heavy atom. The molecule has 3 aliphatic rings. The maximum atomic E-state index is 9.37. The van der Waals surface area contributed by atoms with E-state index in [2.05, 4.69) is 13.3 Å². The SMILES string of the molecule is CC1C2=C(CCC[CH-]2)C2=C1CCCC2.CCC(=O)O.CCC(=O)O.[Cl-].[Ti]. The third-order valence-electron chi connectivity index (χ3n) is 4.81. The van der Waals surface area contributed by atoms with Gasteiger partial charge in [0.05, 0.1) is 0 Å². The van der Waals surface area contributed by atoms with Crippen LogP contribution in [0.5, 0.6) is 0 Å². The standard InChI is InChI=1S/C14H19.2C3H6O2.ClH.Ti/c1-10-11-6-2-4-8-13(11)14-9-5-3-7-12(10)14;2*1-2-3(4)5;;/h6,10H,2-5,7-9H2,1H3;2*2H2,1H3,(H,4,5);1H;/q-1;;;;/p-1. The van der Waals surface area contributed by atoms with E-state index in [0.29, 0.717) is 0 Å². The van der Waals surface area contributed by atoms with Crippen LogP contribution < -0.4 is 12.4 Å². The number of carboxylic acids is 2. The molecule has 2 N–H and O–H groups in total. The Morgan fingerprint density at radius 3 is 1.92 bits per heavy atom. The number of fused-ring (bicyclic) bond motifs is 1. The predicted octanol–water partition coefficient (Wildman–Crippen LogP) is 2.15. The third-order valence-corrected chi connectivity index (χ3v) is 4.81. The summed E-state index contributed by atoms with van der Waals surface area (Å²) in [6.45, 7) is 5.62. The van der Waals surface area contributed by atoms with Crippen molar-refractivity contribution in [2.45, 2.75) is 78.6 Å². The Kier molecular flexibility index (Phi) is 15.2. The van der Waals surface area contributed by atoms with Crippen LogP contribution >= 0.6 is 0 Å². The quantitative estimate of drug-likeness (QED) is 0.532. The van der Waals surface area contributed by atoms with Gasteiger partial charge in [-0.3, -0.25) is 9.59 Å². The van der Waals surface area contributed by atoms with Crippen molar-refractivity contribution in [3.8, 4) is 0 Å². The number of carboxylic acid groups (broad SMARTS) is 2. The van der Waals surface area contributed by atoms with E-state index in [0.717, 1.165) is 5.92 Å². The molecule has 148 valence electrons. The van der Waals surface area contributed by atoms with E-state index in [1.807, 2.05) is 0 Å². The molecule has 0 heterocycles. The van der Waals surface area contributed by atoms with E-state index in [-0.39, 0.29) is 47.0 Å². The third kappa shape index (κ3) is 8.32. The minimum atomic E-state index is -0.745. The van der Waals surface area contributed by atoms with Gasteiger partial charge in [-0.1, -0.05) is 45.6 Å². The van der Waals surface area contributed by atoms with Gasteiger partial charge in [0.25, 0.3) is 0 Å². The van der Waals surface area contributed by atoms with Gasteiger partial charge in [-0.25, -0.2) is 12.0 Å². The normalized spacial score (nSPS) is 19.7. The maximum Gasteiger partial charge on any atom is 0.303 e. The van der Waals surface area contributed by atoms with Gasteiger partial charge in [-0.15, -0.1) is 12.0 Å². The summed E-state index contributed by atoms with van der Waals surface area (Å²) >= 11 is 0. The first-order valence-corrected chi connectivity index (χ1v) is 9.14. The van der Waals surface area contributed by atoms with Gasteiger partial charge >= 0.3 is 11.9 Å². The van der Waals surface area contributed by atoms with Crippen molar-refractivity contribution in [1.82, 2.24) is 0 Å². The Morgan fingerprint density at radius 2 is 1.42 bits per heavy atom. The topological polar surface area (TPSA) is 74.6 Å². The molecule has 0 radical (unpaired) electrons. The second kappa shape index (κ2) is 14.4. The number of allylic oxidation sites excluding steroid dienone is 4. The molecule has 0 fully saturated rings. The molecule has 0 saturated heterocycles. The molecule has 0 amide bonds. The Hall–Kier alpha value is -0.706. The molecular weight excluding hydrogens is 388 g/mol. The molecule has 3 rings (SSSR count). The van der Waals surface area contributed by atoms with E-state index in [1.165, 1.54) is 44.9 Å². The monoisotopic (exact) mass is 418 g/mol. The Bertz CT molecular complexity index is 480. The number of aliphatic carboxylic acids is 2. The molecule has 6 heteroatoms. The number of hydrogen-bond donors (Lipinski definition) is 2. The molecule has 0 aromatic carbocycles. The second-order valence-electron chi connectivity index (χ2n) is 6.46. The van der Waals surface area contributed by atoms with Crippen molar-refractivity contribution in [2.24, 2.45) is 5.92 Å². The molecule has 1 unspecified atom stereocenters. The van der Waals surface area contributed by atoms with Gasteiger partial charge in [-0.2, -0.15) is 5.57 Å². The van der Waals surface area contributed by atoms with Gasteiger partial charge in [0.2, 0.25) is 0 Å². The zero-order chi connectivity index (χ0) is 18.1. The van der Waals surface area contributed by atoms with Gasteiger partial charge in [0.15, 0.2) is 0 Å². The van der Waals surface area contributed by atoms with Gasteiger partial charge in [0.1, 0.15) is 0 Å². The summed E-state index contributed by atoms with van der Waals surface area (Å²) in [6.07, 6.45) is 12.7. The number of carbonyl (C=O) groups is 2. The molecule has 0 spiro atoms. The molecule has 0 bridgehead atoms. The van der Waals surface area contributed by atoms with Crippen molar-refractivity contribution >= 4 is 11.9 Å². The Balaban J connectivity index is 0. The van der Waals surface area contributed by atoms with Gasteiger partial charge in [0, 0.05) is 34.6 Å². The average molecular weight is 419 g/mol.